The third kappa shape index (κ3) is 61.3. The van der Waals surface area contributed by atoms with Gasteiger partial charge in [0.1, 0.15) is 13.2 Å². The molecule has 0 amide bonds. The van der Waals surface area contributed by atoms with Crippen molar-refractivity contribution >= 4 is 17.9 Å². The number of ether oxygens (including phenoxy) is 3. The number of carbonyl (C=O) groups excluding carboxylic acids is 3. The zero-order chi connectivity index (χ0) is 54.3. The fourth-order valence-corrected chi connectivity index (χ4v) is 9.05. The van der Waals surface area contributed by atoms with Gasteiger partial charge in [0.15, 0.2) is 6.10 Å². The predicted molar refractivity (Wildman–Crippen MR) is 325 cm³/mol. The third-order valence-electron chi connectivity index (χ3n) is 13.9. The van der Waals surface area contributed by atoms with Crippen LogP contribution in [0, 0.1) is 0 Å². The van der Waals surface area contributed by atoms with Crippen molar-refractivity contribution < 1.29 is 28.6 Å². The van der Waals surface area contributed by atoms with Gasteiger partial charge in [-0.25, -0.2) is 0 Å². The Labute approximate surface area is 465 Å². The largest absolute Gasteiger partial charge is 0.462 e. The van der Waals surface area contributed by atoms with E-state index in [2.05, 4.69) is 106 Å². The van der Waals surface area contributed by atoms with Crippen LogP contribution in [0.4, 0.5) is 0 Å². The van der Waals surface area contributed by atoms with Crippen molar-refractivity contribution in [3.8, 4) is 0 Å². The van der Waals surface area contributed by atoms with Gasteiger partial charge >= 0.3 is 17.9 Å². The first-order valence-electron chi connectivity index (χ1n) is 32.1. The van der Waals surface area contributed by atoms with E-state index in [-0.39, 0.29) is 37.5 Å². The van der Waals surface area contributed by atoms with Crippen molar-refractivity contribution in [2.45, 2.75) is 322 Å². The van der Waals surface area contributed by atoms with E-state index < -0.39 is 6.10 Å². The Hall–Kier alpha value is -3.41. The molecule has 0 saturated heterocycles. The second-order valence-corrected chi connectivity index (χ2v) is 21.3. The number of allylic oxidation sites excluding steroid dienone is 14. The first-order valence-corrected chi connectivity index (χ1v) is 32.1. The first-order chi connectivity index (χ1) is 37.0. The summed E-state index contributed by atoms with van der Waals surface area (Å²) >= 11 is 0. The van der Waals surface area contributed by atoms with Crippen LogP contribution >= 0.6 is 0 Å². The van der Waals surface area contributed by atoms with Gasteiger partial charge in [-0.15, -0.1) is 0 Å². The highest BCUT2D eigenvalue weighted by molar-refractivity contribution is 5.71. The fraction of sp³-hybridized carbons (Fsp3) is 0.754. The van der Waals surface area contributed by atoms with Crippen LogP contribution in [0.3, 0.4) is 0 Å². The molecule has 0 saturated carbocycles. The number of hydrogen-bond donors (Lipinski definition) is 0. The molecule has 0 aliphatic heterocycles. The van der Waals surface area contributed by atoms with E-state index in [0.29, 0.717) is 12.8 Å². The lowest BCUT2D eigenvalue weighted by Gasteiger charge is -2.18. The Morgan fingerprint density at radius 1 is 0.280 bits per heavy atom. The summed E-state index contributed by atoms with van der Waals surface area (Å²) in [5.74, 6) is -0.922. The molecule has 0 aromatic rings. The zero-order valence-corrected chi connectivity index (χ0v) is 49.6. The van der Waals surface area contributed by atoms with Crippen LogP contribution in [0.2, 0.25) is 0 Å². The van der Waals surface area contributed by atoms with Gasteiger partial charge in [-0.3, -0.25) is 14.4 Å². The minimum Gasteiger partial charge on any atom is -0.462 e. The second kappa shape index (κ2) is 63.1. The molecule has 0 rings (SSSR count). The van der Waals surface area contributed by atoms with Gasteiger partial charge in [-0.05, 0) is 116 Å². The quantitative estimate of drug-likeness (QED) is 0.0261. The molecule has 0 aliphatic carbocycles. The molecule has 0 aromatic heterocycles. The maximum Gasteiger partial charge on any atom is 0.306 e. The second-order valence-electron chi connectivity index (χ2n) is 21.3. The highest BCUT2D eigenvalue weighted by atomic mass is 16.6. The van der Waals surface area contributed by atoms with Crippen LogP contribution in [-0.4, -0.2) is 37.2 Å². The average molecular weight is 1050 g/mol. The number of rotatable bonds is 58. The lowest BCUT2D eigenvalue weighted by molar-refractivity contribution is -0.167. The number of unbranched alkanes of at least 4 members (excludes halogenated alkanes) is 33. The lowest BCUT2D eigenvalue weighted by Crippen LogP contribution is -2.30. The summed E-state index contributed by atoms with van der Waals surface area (Å²) in [5.41, 5.74) is 0. The Bertz CT molecular complexity index is 1430. The summed E-state index contributed by atoms with van der Waals surface area (Å²) in [7, 11) is 0. The van der Waals surface area contributed by atoms with Crippen molar-refractivity contribution in [2.75, 3.05) is 13.2 Å². The minimum absolute atomic E-state index is 0.0914. The molecule has 0 heterocycles. The fourth-order valence-electron chi connectivity index (χ4n) is 9.05. The molecule has 0 bridgehead atoms. The van der Waals surface area contributed by atoms with Crippen molar-refractivity contribution in [1.29, 1.82) is 0 Å². The molecule has 75 heavy (non-hydrogen) atoms. The van der Waals surface area contributed by atoms with Gasteiger partial charge in [-0.2, -0.15) is 0 Å². The number of hydrogen-bond acceptors (Lipinski definition) is 6. The van der Waals surface area contributed by atoms with Gasteiger partial charge in [0, 0.05) is 19.3 Å². The maximum atomic E-state index is 12.9. The maximum absolute atomic E-state index is 12.9. The van der Waals surface area contributed by atoms with E-state index >= 15 is 0 Å². The monoisotopic (exact) mass is 1040 g/mol. The van der Waals surface area contributed by atoms with Gasteiger partial charge in [-0.1, -0.05) is 266 Å². The van der Waals surface area contributed by atoms with Crippen LogP contribution in [-0.2, 0) is 28.6 Å². The summed E-state index contributed by atoms with van der Waals surface area (Å²) in [4.78, 5) is 38.3. The first kappa shape index (κ1) is 71.6. The molecule has 6 heteroatoms. The lowest BCUT2D eigenvalue weighted by atomic mass is 10.0. The van der Waals surface area contributed by atoms with Crippen LogP contribution in [0.25, 0.3) is 0 Å². The molecule has 6 nitrogen and oxygen atoms in total. The Kier molecular flexibility index (Phi) is 60.3. The van der Waals surface area contributed by atoms with Crippen LogP contribution in [0.5, 0.6) is 0 Å². The SMILES string of the molecule is CC/C=C\C/C=C\C/C=C\C/C=C\C/C=C\CCCCCC(=O)OC(COC(=O)CCCCCCC/C=C\CCCCCC)COC(=O)CCCCCCCCCCCCCCC/C=C\CCCCCCCCCC. The standard InChI is InChI=1S/C69H120O6/c1-4-7-10-13-16-19-22-25-27-29-31-32-33-34-35-36-38-39-41-44-47-50-53-56-59-62-68(71)74-65-66(64-73-67(70)61-58-55-52-49-46-43-24-21-18-15-12-9-6-3)75-69(72)63-60-57-54-51-48-45-42-40-37-30-28-26-23-20-17-14-11-8-5-2/h8,11,17,20-21,24,26,28-29,31,37,40,45,48,66H,4-7,9-10,12-16,18-19,22-23,25,27,30,32-36,38-39,41-44,46-47,49-65H2,1-3H3/b11-8-,20-17-,24-21-,28-26-,31-29-,40-37-,48-45-. The zero-order valence-electron chi connectivity index (χ0n) is 49.6. The smallest absolute Gasteiger partial charge is 0.306 e. The third-order valence-corrected chi connectivity index (χ3v) is 13.9. The summed E-state index contributed by atoms with van der Waals surface area (Å²) in [6.45, 7) is 6.51. The molecule has 0 fully saturated rings. The molecule has 0 spiro atoms. The minimum atomic E-state index is -0.798. The van der Waals surface area contributed by atoms with Crippen LogP contribution in [0.15, 0.2) is 85.1 Å². The molecule has 432 valence electrons. The predicted octanol–water partition coefficient (Wildman–Crippen LogP) is 21.9. The van der Waals surface area contributed by atoms with E-state index in [9.17, 15) is 14.4 Å². The van der Waals surface area contributed by atoms with Crippen molar-refractivity contribution in [1.82, 2.24) is 0 Å². The van der Waals surface area contributed by atoms with Gasteiger partial charge in [0.05, 0.1) is 0 Å². The number of carbonyl (C=O) groups is 3. The van der Waals surface area contributed by atoms with E-state index in [1.807, 2.05) is 0 Å². The molecule has 0 radical (unpaired) electrons. The Morgan fingerprint density at radius 3 is 0.853 bits per heavy atom. The van der Waals surface area contributed by atoms with E-state index in [0.717, 1.165) is 103 Å². The molecule has 1 unspecified atom stereocenters. The summed E-state index contributed by atoms with van der Waals surface area (Å²) < 4.78 is 16.9. The topological polar surface area (TPSA) is 78.9 Å². The molecule has 1 atom stereocenters. The highest BCUT2D eigenvalue weighted by Gasteiger charge is 2.19. The van der Waals surface area contributed by atoms with Crippen molar-refractivity contribution in [3.05, 3.63) is 85.1 Å². The van der Waals surface area contributed by atoms with E-state index in [1.54, 1.807) is 0 Å². The van der Waals surface area contributed by atoms with E-state index in [4.69, 9.17) is 14.2 Å². The average Bonchev–Trinajstić information content (AvgIpc) is 3.41. The van der Waals surface area contributed by atoms with Gasteiger partial charge in [0.2, 0.25) is 0 Å². The van der Waals surface area contributed by atoms with Gasteiger partial charge in [0.25, 0.3) is 0 Å². The summed E-state index contributed by atoms with van der Waals surface area (Å²) in [5, 5.41) is 0. The summed E-state index contributed by atoms with van der Waals surface area (Å²) in [6.07, 6.45) is 83.1. The number of esters is 3. The highest BCUT2D eigenvalue weighted by Crippen LogP contribution is 2.16. The van der Waals surface area contributed by atoms with Crippen molar-refractivity contribution in [2.24, 2.45) is 0 Å². The molecule has 0 N–H and O–H groups in total. The normalized spacial score (nSPS) is 12.6. The molecule has 0 aliphatic rings. The van der Waals surface area contributed by atoms with Crippen LogP contribution < -0.4 is 0 Å². The van der Waals surface area contributed by atoms with Gasteiger partial charge < -0.3 is 14.2 Å². The molecular formula is C69H120O6. The molecule has 0 aromatic carbocycles. The Balaban J connectivity index is 4.34. The summed E-state index contributed by atoms with van der Waals surface area (Å²) in [6, 6.07) is 0. The van der Waals surface area contributed by atoms with Crippen molar-refractivity contribution in [3.63, 3.8) is 0 Å². The molecular weight excluding hydrogens is 925 g/mol. The van der Waals surface area contributed by atoms with E-state index in [1.165, 1.54) is 173 Å². The Morgan fingerprint density at radius 2 is 0.520 bits per heavy atom. The van der Waals surface area contributed by atoms with Crippen LogP contribution in [0.1, 0.15) is 316 Å².